The number of anilines is 1. The molecule has 0 amide bonds. The van der Waals surface area contributed by atoms with E-state index in [0.717, 1.165) is 23.5 Å². The maximum atomic E-state index is 8.29. The van der Waals surface area contributed by atoms with Gasteiger partial charge in [-0.25, -0.2) is 4.98 Å². The van der Waals surface area contributed by atoms with Gasteiger partial charge in [-0.05, 0) is 19.1 Å². The van der Waals surface area contributed by atoms with Crippen LogP contribution in [0, 0.1) is 16.2 Å². The highest BCUT2D eigenvalue weighted by Gasteiger charge is 2.23. The maximum absolute atomic E-state index is 8.29. The van der Waals surface area contributed by atoms with Gasteiger partial charge in [-0.3, -0.25) is 5.41 Å². The molecule has 1 aliphatic rings. The average Bonchev–Trinajstić information content (AvgIpc) is 3.05. The van der Waals surface area contributed by atoms with Crippen LogP contribution in [0.25, 0.3) is 16.9 Å². The molecule has 2 aromatic heterocycles. The molecule has 9 nitrogen and oxygen atoms in total. The van der Waals surface area contributed by atoms with Gasteiger partial charge in [-0.2, -0.15) is 9.78 Å². The predicted octanol–water partition coefficient (Wildman–Crippen LogP) is 1.73. The standard InChI is InChI=1S/C16H20N8OS/c1-10-8-25-5-4-23(10)14-6-11(15(20)26-9-18)12-7-21-24(16(12)22-14)13(19)2-3-17/h2-3,6-7,9-10,17-18,20H,4-5,8,19H2,1H3/t10-/m1/s1. The summed E-state index contributed by atoms with van der Waals surface area (Å²) in [6, 6.07) is 2.00. The molecule has 0 saturated carbocycles. The van der Waals surface area contributed by atoms with E-state index in [1.54, 1.807) is 6.20 Å². The van der Waals surface area contributed by atoms with Gasteiger partial charge < -0.3 is 26.2 Å². The van der Waals surface area contributed by atoms with Gasteiger partial charge >= 0.3 is 0 Å². The first-order chi connectivity index (χ1) is 12.6. The fourth-order valence-corrected chi connectivity index (χ4v) is 3.27. The number of thioether (sulfide) groups is 1. The number of rotatable bonds is 5. The van der Waals surface area contributed by atoms with Gasteiger partial charge in [0.25, 0.3) is 0 Å². The highest BCUT2D eigenvalue weighted by atomic mass is 32.2. The Morgan fingerprint density at radius 2 is 2.27 bits per heavy atom. The number of hydrogen-bond donors (Lipinski definition) is 4. The molecule has 1 atom stereocenters. The molecule has 2 aromatic rings. The van der Waals surface area contributed by atoms with Crippen molar-refractivity contribution in [3.63, 3.8) is 0 Å². The van der Waals surface area contributed by atoms with Crippen LogP contribution in [0.5, 0.6) is 0 Å². The Morgan fingerprint density at radius 3 is 2.96 bits per heavy atom. The van der Waals surface area contributed by atoms with Crippen molar-refractivity contribution in [3.8, 4) is 0 Å². The Morgan fingerprint density at radius 1 is 1.46 bits per heavy atom. The summed E-state index contributed by atoms with van der Waals surface area (Å²) >= 11 is 1.02. The second-order valence-electron chi connectivity index (χ2n) is 5.76. The number of aromatic nitrogens is 3. The second-order valence-corrected chi connectivity index (χ2v) is 6.64. The maximum Gasteiger partial charge on any atom is 0.167 e. The van der Waals surface area contributed by atoms with Crippen molar-refractivity contribution in [1.29, 1.82) is 16.2 Å². The zero-order chi connectivity index (χ0) is 18.7. The Labute approximate surface area is 154 Å². The van der Waals surface area contributed by atoms with E-state index < -0.39 is 0 Å². The molecule has 26 heavy (non-hydrogen) atoms. The summed E-state index contributed by atoms with van der Waals surface area (Å²) in [5.74, 6) is 0.981. The number of ether oxygens (including phenoxy) is 1. The summed E-state index contributed by atoms with van der Waals surface area (Å²) in [4.78, 5) is 6.86. The molecule has 5 N–H and O–H groups in total. The number of pyridine rings is 1. The fraction of sp³-hybridized carbons (Fsp3) is 0.312. The third-order valence-electron chi connectivity index (χ3n) is 4.11. The molecule has 0 spiro atoms. The largest absolute Gasteiger partial charge is 0.384 e. The van der Waals surface area contributed by atoms with Gasteiger partial charge in [0.15, 0.2) is 5.65 Å². The number of nitrogens with one attached hydrogen (secondary N) is 3. The van der Waals surface area contributed by atoms with E-state index in [2.05, 4.69) is 16.9 Å². The number of fused-ring (bicyclic) bond motifs is 1. The van der Waals surface area contributed by atoms with Crippen LogP contribution in [-0.2, 0) is 4.74 Å². The number of allylic oxidation sites excluding steroid dienone is 1. The van der Waals surface area contributed by atoms with E-state index >= 15 is 0 Å². The first kappa shape index (κ1) is 18.1. The van der Waals surface area contributed by atoms with E-state index in [4.69, 9.17) is 31.7 Å². The summed E-state index contributed by atoms with van der Waals surface area (Å²) in [7, 11) is 0. The lowest BCUT2D eigenvalue weighted by molar-refractivity contribution is 0.0985. The second kappa shape index (κ2) is 7.67. The normalized spacial score (nSPS) is 18.1. The molecule has 0 radical (unpaired) electrons. The first-order valence-electron chi connectivity index (χ1n) is 8.01. The molecule has 0 unspecified atom stereocenters. The quantitative estimate of drug-likeness (QED) is 0.465. The topological polar surface area (TPSA) is 141 Å². The summed E-state index contributed by atoms with van der Waals surface area (Å²) < 4.78 is 6.96. The Balaban J connectivity index is 2.20. The van der Waals surface area contributed by atoms with Gasteiger partial charge in [0.05, 0.1) is 31.0 Å². The SMILES string of the molecule is C[C@@H]1COCCN1c1cc(C(=N)SC=N)c2cnn(C(N)=CC=N)c2n1. The lowest BCUT2D eigenvalue weighted by Crippen LogP contribution is -2.44. The minimum absolute atomic E-state index is 0.150. The number of hydrogen-bond acceptors (Lipinski definition) is 9. The van der Waals surface area contributed by atoms with Gasteiger partial charge in [0.2, 0.25) is 0 Å². The molecule has 0 bridgehead atoms. The van der Waals surface area contributed by atoms with Gasteiger partial charge in [0.1, 0.15) is 16.7 Å². The lowest BCUT2D eigenvalue weighted by atomic mass is 10.1. The third-order valence-corrected chi connectivity index (χ3v) is 4.68. The summed E-state index contributed by atoms with van der Waals surface area (Å²) in [6.07, 6.45) is 4.12. The fourth-order valence-electron chi connectivity index (χ4n) is 2.86. The van der Waals surface area contributed by atoms with Gasteiger partial charge in [-0.1, -0.05) is 11.8 Å². The third kappa shape index (κ3) is 3.33. The highest BCUT2D eigenvalue weighted by molar-refractivity contribution is 8.25. The Kier molecular flexibility index (Phi) is 5.33. The number of morpholine rings is 1. The van der Waals surface area contributed by atoms with Crippen LogP contribution < -0.4 is 10.6 Å². The molecule has 1 saturated heterocycles. The van der Waals surface area contributed by atoms with Crippen molar-refractivity contribution in [2.75, 3.05) is 24.7 Å². The van der Waals surface area contributed by atoms with Crippen molar-refractivity contribution in [2.24, 2.45) is 5.73 Å². The van der Waals surface area contributed by atoms with Crippen LogP contribution in [0.3, 0.4) is 0 Å². The van der Waals surface area contributed by atoms with Crippen LogP contribution in [0.1, 0.15) is 12.5 Å². The van der Waals surface area contributed by atoms with E-state index in [-0.39, 0.29) is 16.9 Å². The van der Waals surface area contributed by atoms with Crippen molar-refractivity contribution in [2.45, 2.75) is 13.0 Å². The van der Waals surface area contributed by atoms with Crippen LogP contribution in [0.4, 0.5) is 5.82 Å². The predicted molar refractivity (Wildman–Crippen MR) is 106 cm³/mol. The molecule has 0 aliphatic carbocycles. The molecule has 0 aromatic carbocycles. The molecule has 10 heteroatoms. The van der Waals surface area contributed by atoms with E-state index in [1.165, 1.54) is 10.8 Å². The average molecular weight is 372 g/mol. The zero-order valence-electron chi connectivity index (χ0n) is 14.3. The summed E-state index contributed by atoms with van der Waals surface area (Å²) in [5.41, 5.74) is 8.28. The molecular weight excluding hydrogens is 352 g/mol. The highest BCUT2D eigenvalue weighted by Crippen LogP contribution is 2.28. The Bertz CT molecular complexity index is 890. The van der Waals surface area contributed by atoms with Crippen molar-refractivity contribution < 1.29 is 4.74 Å². The van der Waals surface area contributed by atoms with E-state index in [0.29, 0.717) is 42.2 Å². The molecule has 1 aliphatic heterocycles. The van der Waals surface area contributed by atoms with Crippen LogP contribution in [-0.4, -0.2) is 57.4 Å². The first-order valence-corrected chi connectivity index (χ1v) is 8.89. The van der Waals surface area contributed by atoms with Gasteiger partial charge in [-0.15, -0.1) is 0 Å². The minimum atomic E-state index is 0.150. The van der Waals surface area contributed by atoms with E-state index in [1.807, 2.05) is 6.07 Å². The number of nitrogens with zero attached hydrogens (tertiary/aromatic N) is 4. The van der Waals surface area contributed by atoms with Crippen LogP contribution >= 0.6 is 11.8 Å². The van der Waals surface area contributed by atoms with Crippen LogP contribution in [0.15, 0.2) is 18.3 Å². The molecule has 3 heterocycles. The molecular formula is C16H20N8OS. The van der Waals surface area contributed by atoms with Crippen LogP contribution in [0.2, 0.25) is 0 Å². The molecule has 3 rings (SSSR count). The lowest BCUT2D eigenvalue weighted by Gasteiger charge is -2.34. The van der Waals surface area contributed by atoms with Crippen molar-refractivity contribution >= 4 is 51.2 Å². The molecule has 1 fully saturated rings. The van der Waals surface area contributed by atoms with E-state index in [9.17, 15) is 0 Å². The molecule has 136 valence electrons. The smallest absolute Gasteiger partial charge is 0.167 e. The summed E-state index contributed by atoms with van der Waals surface area (Å²) in [5, 5.41) is 28.0. The minimum Gasteiger partial charge on any atom is -0.384 e. The summed E-state index contributed by atoms with van der Waals surface area (Å²) in [6.45, 7) is 3.98. The monoisotopic (exact) mass is 372 g/mol. The van der Waals surface area contributed by atoms with Gasteiger partial charge in [0, 0.05) is 23.7 Å². The Hall–Kier alpha value is -2.72. The number of nitrogens with two attached hydrogens (primary N) is 1. The van der Waals surface area contributed by atoms with Crippen molar-refractivity contribution in [3.05, 3.63) is 23.9 Å². The van der Waals surface area contributed by atoms with Crippen molar-refractivity contribution in [1.82, 2.24) is 14.8 Å². The zero-order valence-corrected chi connectivity index (χ0v) is 15.1.